The maximum atomic E-state index is 13.1. The third kappa shape index (κ3) is 6.12. The highest BCUT2D eigenvalue weighted by Crippen LogP contribution is 2.62. The number of aliphatic hydroxyl groups excluding tert-OH is 2. The lowest BCUT2D eigenvalue weighted by Crippen LogP contribution is -2.75. The minimum absolute atomic E-state index is 0.0657. The van der Waals surface area contributed by atoms with Gasteiger partial charge in [-0.15, -0.1) is 0 Å². The van der Waals surface area contributed by atoms with Crippen LogP contribution in [0.3, 0.4) is 0 Å². The van der Waals surface area contributed by atoms with Gasteiger partial charge >= 0.3 is 29.8 Å². The molecule has 1 spiro atoms. The number of fused-ring (bicyclic) bond motifs is 3. The first-order valence-electron chi connectivity index (χ1n) is 14.9. The zero-order valence-corrected chi connectivity index (χ0v) is 26.4. The van der Waals surface area contributed by atoms with E-state index >= 15 is 0 Å². The molecule has 2 saturated heterocycles. The van der Waals surface area contributed by atoms with Crippen molar-refractivity contribution in [1.82, 2.24) is 0 Å². The molecule has 0 unspecified atom stereocenters. The van der Waals surface area contributed by atoms with Crippen LogP contribution in [0, 0.1) is 23.2 Å². The molecule has 1 saturated carbocycles. The first-order chi connectivity index (χ1) is 20.9. The average Bonchev–Trinajstić information content (AvgIpc) is 3.69. The van der Waals surface area contributed by atoms with Crippen molar-refractivity contribution in [2.75, 3.05) is 13.2 Å². The summed E-state index contributed by atoms with van der Waals surface area (Å²) < 4.78 is 34.1. The predicted molar refractivity (Wildman–Crippen MR) is 151 cm³/mol. The molecule has 14 heteroatoms. The van der Waals surface area contributed by atoms with Crippen LogP contribution in [0.5, 0.6) is 0 Å². The van der Waals surface area contributed by atoms with E-state index in [0.717, 1.165) is 13.8 Å². The molecule has 0 bridgehead atoms. The van der Waals surface area contributed by atoms with Crippen molar-refractivity contribution >= 4 is 29.8 Å². The van der Waals surface area contributed by atoms with E-state index in [9.17, 15) is 39.3 Å². The van der Waals surface area contributed by atoms with Crippen molar-refractivity contribution in [3.63, 3.8) is 0 Å². The quantitative estimate of drug-likeness (QED) is 0.195. The van der Waals surface area contributed by atoms with Gasteiger partial charge in [-0.2, -0.15) is 0 Å². The Labute approximate surface area is 260 Å². The molecule has 11 atom stereocenters. The van der Waals surface area contributed by atoms with E-state index in [2.05, 4.69) is 0 Å². The van der Waals surface area contributed by atoms with Gasteiger partial charge < -0.3 is 43.7 Å². The highest BCUT2D eigenvalue weighted by molar-refractivity contribution is 5.78. The molecule has 0 aromatic heterocycles. The smallest absolute Gasteiger partial charge is 0.312 e. The molecule has 2 aliphatic heterocycles. The monoisotopic (exact) mass is 638 g/mol. The number of hydrogen-bond acceptors (Lipinski definition) is 14. The first kappa shape index (κ1) is 34.5. The van der Waals surface area contributed by atoms with Crippen LogP contribution >= 0.6 is 0 Å². The van der Waals surface area contributed by atoms with Gasteiger partial charge in [0.25, 0.3) is 0 Å². The van der Waals surface area contributed by atoms with E-state index < -0.39 is 94.9 Å². The Hall–Kier alpha value is -3.33. The summed E-state index contributed by atoms with van der Waals surface area (Å²) in [5.74, 6) is -6.74. The van der Waals surface area contributed by atoms with Gasteiger partial charge in [0, 0.05) is 33.1 Å². The van der Waals surface area contributed by atoms with Crippen LogP contribution in [0.25, 0.3) is 0 Å². The number of epoxide rings is 1. The number of aliphatic hydroxyl groups is 3. The largest absolute Gasteiger partial charge is 0.461 e. The fourth-order valence-electron chi connectivity index (χ4n) is 7.02. The maximum Gasteiger partial charge on any atom is 0.312 e. The Morgan fingerprint density at radius 3 is 2.18 bits per heavy atom. The number of ether oxygens (including phenoxy) is 6. The van der Waals surface area contributed by atoms with Gasteiger partial charge in [0.15, 0.2) is 11.7 Å². The van der Waals surface area contributed by atoms with E-state index in [1.807, 2.05) is 0 Å². The molecule has 0 aromatic rings. The van der Waals surface area contributed by atoms with Crippen LogP contribution in [0.15, 0.2) is 23.8 Å². The summed E-state index contributed by atoms with van der Waals surface area (Å²) in [6.07, 6.45) is -5.67. The van der Waals surface area contributed by atoms with Crippen LogP contribution < -0.4 is 0 Å². The van der Waals surface area contributed by atoms with Crippen molar-refractivity contribution in [3.8, 4) is 0 Å². The molecule has 0 amide bonds. The highest BCUT2D eigenvalue weighted by Gasteiger charge is 2.79. The van der Waals surface area contributed by atoms with E-state index in [1.165, 1.54) is 39.0 Å². The number of esters is 5. The summed E-state index contributed by atoms with van der Waals surface area (Å²) in [6, 6.07) is 0. The van der Waals surface area contributed by atoms with Crippen LogP contribution in [-0.2, 0) is 52.4 Å². The Bertz CT molecular complexity index is 1280. The molecule has 0 aromatic carbocycles. The Morgan fingerprint density at radius 1 is 1.02 bits per heavy atom. The SMILES string of the molecule is CC(=O)OCC1=C/[C@@H]2OC(=O)[C@H](C)[C@@]2(O)[C@@H](OC(C)=O)[C@H]2[C@@]3(CO3)[C@H](O)[C@H](O)[C@H](OC(=O)CC(C)C)[C@]2(C)[C@@H](OC(C)=O)/C=C\1. The number of carbonyl (C=O) groups is 5. The topological polar surface area (TPSA) is 205 Å². The summed E-state index contributed by atoms with van der Waals surface area (Å²) in [4.78, 5) is 63.3. The lowest BCUT2D eigenvalue weighted by Gasteiger charge is -2.58. The molecule has 4 aliphatic rings. The first-order valence-corrected chi connectivity index (χ1v) is 14.9. The minimum Gasteiger partial charge on any atom is -0.461 e. The summed E-state index contributed by atoms with van der Waals surface area (Å²) in [5.41, 5.74) is -5.66. The minimum atomic E-state index is -2.35. The molecular weight excluding hydrogens is 596 g/mol. The Kier molecular flexibility index (Phi) is 9.56. The summed E-state index contributed by atoms with van der Waals surface area (Å²) in [7, 11) is 0. The zero-order chi connectivity index (χ0) is 33.6. The molecule has 0 radical (unpaired) electrons. The van der Waals surface area contributed by atoms with Crippen molar-refractivity contribution in [1.29, 1.82) is 0 Å². The second-order valence-corrected chi connectivity index (χ2v) is 12.9. The van der Waals surface area contributed by atoms with Gasteiger partial charge in [-0.1, -0.05) is 26.8 Å². The molecule has 2 heterocycles. The van der Waals surface area contributed by atoms with Crippen molar-refractivity contribution in [2.45, 2.75) is 103 Å². The average molecular weight is 639 g/mol. The van der Waals surface area contributed by atoms with E-state index in [-0.39, 0.29) is 31.1 Å². The molecule has 3 fully saturated rings. The highest BCUT2D eigenvalue weighted by atomic mass is 16.6. The van der Waals surface area contributed by atoms with Gasteiger partial charge in [-0.05, 0) is 30.6 Å². The third-order valence-electron chi connectivity index (χ3n) is 9.25. The summed E-state index contributed by atoms with van der Waals surface area (Å²) >= 11 is 0. The second-order valence-electron chi connectivity index (χ2n) is 12.9. The van der Waals surface area contributed by atoms with Gasteiger partial charge in [-0.3, -0.25) is 24.0 Å². The fourth-order valence-corrected chi connectivity index (χ4v) is 7.02. The van der Waals surface area contributed by atoms with Gasteiger partial charge in [-0.25, -0.2) is 0 Å². The molecular formula is C31H42O14. The summed E-state index contributed by atoms with van der Waals surface area (Å²) in [5, 5.41) is 35.7. The van der Waals surface area contributed by atoms with Crippen LogP contribution in [-0.4, -0.2) is 106 Å². The van der Waals surface area contributed by atoms with Gasteiger partial charge in [0.05, 0.1) is 17.9 Å². The van der Waals surface area contributed by atoms with E-state index in [1.54, 1.807) is 13.8 Å². The lowest BCUT2D eigenvalue weighted by atomic mass is 9.51. The van der Waals surface area contributed by atoms with E-state index in [4.69, 9.17) is 28.4 Å². The van der Waals surface area contributed by atoms with Crippen molar-refractivity contribution < 1.29 is 67.7 Å². The summed E-state index contributed by atoms with van der Waals surface area (Å²) in [6.45, 7) is 9.28. The second kappa shape index (κ2) is 12.5. The van der Waals surface area contributed by atoms with Gasteiger partial charge in [0.2, 0.25) is 0 Å². The van der Waals surface area contributed by atoms with Crippen LogP contribution in [0.4, 0.5) is 0 Å². The lowest BCUT2D eigenvalue weighted by molar-refractivity contribution is -0.274. The molecule has 250 valence electrons. The zero-order valence-electron chi connectivity index (χ0n) is 26.4. The molecule has 3 N–H and O–H groups in total. The molecule has 2 aliphatic carbocycles. The Morgan fingerprint density at radius 2 is 1.64 bits per heavy atom. The fraction of sp³-hybridized carbons (Fsp3) is 0.710. The maximum absolute atomic E-state index is 13.1. The molecule has 4 rings (SSSR count). The number of carbonyl (C=O) groups excluding carboxylic acids is 5. The number of rotatable bonds is 7. The van der Waals surface area contributed by atoms with Crippen LogP contribution in [0.2, 0.25) is 0 Å². The molecule has 14 nitrogen and oxygen atoms in total. The van der Waals surface area contributed by atoms with Gasteiger partial charge in [0.1, 0.15) is 42.7 Å². The van der Waals surface area contributed by atoms with E-state index in [0.29, 0.717) is 0 Å². The standard InChI is InChI=1S/C31H42O14/c1-14(2)10-22(35)45-26-23(36)25(37)30(13-41-30)24-27(43-18(6)34)31(39)15(3)28(38)44-21(31)11-19(12-40-16(4)32)8-9-20(29(24,26)7)42-17(5)33/h8-9,11,14-15,20-21,23-27,36-37,39H,10,12-13H2,1-7H3/b9-8-,19-11+/t15-,20-,21-,23-,24+,25+,26-,27-,29+,30-,31-/m0/s1. The van der Waals surface area contributed by atoms with Crippen molar-refractivity contribution in [2.24, 2.45) is 23.2 Å². The number of hydrogen-bond donors (Lipinski definition) is 3. The normalized spacial score (nSPS) is 42.3. The third-order valence-corrected chi connectivity index (χ3v) is 9.25. The predicted octanol–water partition coefficient (Wildman–Crippen LogP) is 0.287. The van der Waals surface area contributed by atoms with Crippen LogP contribution in [0.1, 0.15) is 54.9 Å². The Balaban J connectivity index is 2.06. The van der Waals surface area contributed by atoms with Crippen molar-refractivity contribution in [3.05, 3.63) is 23.8 Å². The molecule has 45 heavy (non-hydrogen) atoms.